The maximum absolute atomic E-state index is 10.4. The van der Waals surface area contributed by atoms with E-state index in [4.69, 9.17) is 0 Å². The summed E-state index contributed by atoms with van der Waals surface area (Å²) in [5.74, 6) is 0.832. The highest BCUT2D eigenvalue weighted by Gasteiger charge is 2.10. The van der Waals surface area contributed by atoms with Gasteiger partial charge in [0.2, 0.25) is 0 Å². The first kappa shape index (κ1) is 13.9. The molecule has 3 nitrogen and oxygen atoms in total. The van der Waals surface area contributed by atoms with Gasteiger partial charge in [0.25, 0.3) is 10.1 Å². The Hall–Kier alpha value is -0.0900. The molecule has 1 atom stereocenters. The van der Waals surface area contributed by atoms with E-state index in [2.05, 4.69) is 13.8 Å². The largest absolute Gasteiger partial charge is 0.294 e. The zero-order chi connectivity index (χ0) is 11.2. The standard InChI is InChI=1S/C10H21O3S/c1-9(2)5-4-6-10(3)7-8-14(11,12)13/h9-10H,4-8H2,1-3H3. The van der Waals surface area contributed by atoms with Crippen molar-refractivity contribution in [3.63, 3.8) is 0 Å². The third-order valence-corrected chi connectivity index (χ3v) is 3.07. The minimum Gasteiger partial charge on any atom is -0.197 e. The van der Waals surface area contributed by atoms with Crippen molar-refractivity contribution in [3.8, 4) is 0 Å². The zero-order valence-corrected chi connectivity index (χ0v) is 10.1. The van der Waals surface area contributed by atoms with Gasteiger partial charge in [0.1, 0.15) is 0 Å². The average molecular weight is 221 g/mol. The Bertz CT molecular complexity index is 232. The van der Waals surface area contributed by atoms with Crippen molar-refractivity contribution >= 4 is 10.1 Å². The van der Waals surface area contributed by atoms with Crippen LogP contribution in [0.2, 0.25) is 0 Å². The van der Waals surface area contributed by atoms with Crippen LogP contribution in [0.15, 0.2) is 0 Å². The van der Waals surface area contributed by atoms with E-state index in [1.165, 1.54) is 6.42 Å². The van der Waals surface area contributed by atoms with Gasteiger partial charge in [-0.3, -0.25) is 0 Å². The molecule has 0 rings (SSSR count). The monoisotopic (exact) mass is 221 g/mol. The molecule has 4 heteroatoms. The molecule has 0 aliphatic rings. The quantitative estimate of drug-likeness (QED) is 0.663. The molecule has 0 bridgehead atoms. The molecule has 1 unspecified atom stereocenters. The molecule has 0 aromatic rings. The van der Waals surface area contributed by atoms with Crippen LogP contribution >= 0.6 is 0 Å². The number of hydrogen-bond acceptors (Lipinski definition) is 2. The molecule has 0 aliphatic heterocycles. The lowest BCUT2D eigenvalue weighted by Crippen LogP contribution is -2.07. The molecule has 0 N–H and O–H groups in total. The maximum atomic E-state index is 10.4. The smallest absolute Gasteiger partial charge is 0.197 e. The molecule has 0 saturated carbocycles. The predicted octanol–water partition coefficient (Wildman–Crippen LogP) is 2.60. The van der Waals surface area contributed by atoms with Crippen molar-refractivity contribution in [1.29, 1.82) is 0 Å². The lowest BCUT2D eigenvalue weighted by molar-refractivity contribution is 0.400. The molecule has 0 aliphatic carbocycles. The Morgan fingerprint density at radius 1 is 1.00 bits per heavy atom. The van der Waals surface area contributed by atoms with Gasteiger partial charge in [-0.2, -0.15) is 8.42 Å². The Kier molecular flexibility index (Phi) is 6.36. The minimum atomic E-state index is -4.01. The summed E-state index contributed by atoms with van der Waals surface area (Å²) in [4.78, 5) is 0. The van der Waals surface area contributed by atoms with Crippen LogP contribution in [0.4, 0.5) is 0 Å². The van der Waals surface area contributed by atoms with Crippen molar-refractivity contribution in [2.45, 2.75) is 46.5 Å². The minimum absolute atomic E-state index is 0.212. The van der Waals surface area contributed by atoms with Gasteiger partial charge in [-0.05, 0) is 18.3 Å². The third-order valence-electron chi connectivity index (χ3n) is 2.34. The topological polar surface area (TPSA) is 54.0 Å². The summed E-state index contributed by atoms with van der Waals surface area (Å²) in [6, 6.07) is 0. The van der Waals surface area contributed by atoms with E-state index < -0.39 is 10.1 Å². The second kappa shape index (κ2) is 6.40. The van der Waals surface area contributed by atoms with Crippen LogP contribution in [0.1, 0.15) is 46.5 Å². The van der Waals surface area contributed by atoms with Crippen LogP contribution in [0.3, 0.4) is 0 Å². The van der Waals surface area contributed by atoms with Gasteiger partial charge in [-0.25, -0.2) is 0 Å². The lowest BCUT2D eigenvalue weighted by Gasteiger charge is -2.10. The fourth-order valence-electron chi connectivity index (χ4n) is 1.36. The molecule has 1 radical (unpaired) electrons. The average Bonchev–Trinajstić information content (AvgIpc) is 1.99. The van der Waals surface area contributed by atoms with Crippen LogP contribution in [-0.2, 0) is 14.7 Å². The Labute approximate surface area is 87.7 Å². The zero-order valence-electron chi connectivity index (χ0n) is 9.32. The van der Waals surface area contributed by atoms with Gasteiger partial charge in [-0.1, -0.05) is 44.6 Å². The van der Waals surface area contributed by atoms with Gasteiger partial charge >= 0.3 is 0 Å². The predicted molar refractivity (Wildman–Crippen MR) is 56.9 cm³/mol. The second-order valence-corrected chi connectivity index (χ2v) is 6.00. The Morgan fingerprint density at radius 2 is 1.57 bits per heavy atom. The lowest BCUT2D eigenvalue weighted by atomic mass is 9.98. The Morgan fingerprint density at radius 3 is 2.00 bits per heavy atom. The van der Waals surface area contributed by atoms with Crippen molar-refractivity contribution in [2.24, 2.45) is 11.8 Å². The first-order valence-electron chi connectivity index (χ1n) is 5.25. The molecule has 0 fully saturated rings. The van der Waals surface area contributed by atoms with Crippen LogP contribution in [-0.4, -0.2) is 14.2 Å². The highest BCUT2D eigenvalue weighted by molar-refractivity contribution is 7.85. The van der Waals surface area contributed by atoms with Crippen molar-refractivity contribution < 1.29 is 13.0 Å². The van der Waals surface area contributed by atoms with Crippen molar-refractivity contribution in [2.75, 3.05) is 5.75 Å². The van der Waals surface area contributed by atoms with Gasteiger partial charge < -0.3 is 0 Å². The molecule has 85 valence electrons. The van der Waals surface area contributed by atoms with Gasteiger partial charge in [0, 0.05) is 0 Å². The van der Waals surface area contributed by atoms with E-state index in [1.54, 1.807) is 0 Å². The molecule has 0 aromatic heterocycles. The summed E-state index contributed by atoms with van der Waals surface area (Å²) in [5, 5.41) is 0. The highest BCUT2D eigenvalue weighted by Crippen LogP contribution is 2.15. The summed E-state index contributed by atoms with van der Waals surface area (Å²) in [6.07, 6.45) is 3.82. The third kappa shape index (κ3) is 9.99. The summed E-state index contributed by atoms with van der Waals surface area (Å²) >= 11 is 0. The number of hydrogen-bond donors (Lipinski definition) is 0. The molecule has 0 saturated heterocycles. The fourth-order valence-corrected chi connectivity index (χ4v) is 2.06. The van der Waals surface area contributed by atoms with E-state index in [0.29, 0.717) is 18.3 Å². The first-order valence-corrected chi connectivity index (χ1v) is 6.82. The van der Waals surface area contributed by atoms with E-state index >= 15 is 0 Å². The van der Waals surface area contributed by atoms with Gasteiger partial charge in [0.15, 0.2) is 0 Å². The summed E-state index contributed by atoms with van der Waals surface area (Å²) in [7, 11) is -4.01. The van der Waals surface area contributed by atoms with Crippen molar-refractivity contribution in [3.05, 3.63) is 0 Å². The summed E-state index contributed by atoms with van der Waals surface area (Å²) in [5.41, 5.74) is 0. The van der Waals surface area contributed by atoms with Crippen LogP contribution < -0.4 is 0 Å². The molecule has 14 heavy (non-hydrogen) atoms. The molecular formula is C10H21O3S. The van der Waals surface area contributed by atoms with Crippen molar-refractivity contribution in [1.82, 2.24) is 0 Å². The Balaban J connectivity index is 3.51. The molecular weight excluding hydrogens is 200 g/mol. The first-order chi connectivity index (χ1) is 6.31. The highest BCUT2D eigenvalue weighted by atomic mass is 32.2. The van der Waals surface area contributed by atoms with Crippen LogP contribution in [0, 0.1) is 11.8 Å². The van der Waals surface area contributed by atoms with Gasteiger partial charge in [-0.15, -0.1) is 0 Å². The van der Waals surface area contributed by atoms with E-state index in [0.717, 1.165) is 12.8 Å². The summed E-state index contributed by atoms with van der Waals surface area (Å²) < 4.78 is 31.1. The van der Waals surface area contributed by atoms with E-state index in [1.807, 2.05) is 6.92 Å². The van der Waals surface area contributed by atoms with Crippen LogP contribution in [0.25, 0.3) is 0 Å². The normalized spacial score (nSPS) is 14.6. The maximum Gasteiger partial charge on any atom is 0.294 e. The van der Waals surface area contributed by atoms with Gasteiger partial charge in [0.05, 0.1) is 5.75 Å². The summed E-state index contributed by atoms with van der Waals surface area (Å²) in [6.45, 7) is 6.35. The van der Waals surface area contributed by atoms with E-state index in [9.17, 15) is 13.0 Å². The fraction of sp³-hybridized carbons (Fsp3) is 1.00. The SMILES string of the molecule is CC(C)CCCC(C)CCS([O])(=O)=O. The second-order valence-electron chi connectivity index (χ2n) is 4.48. The molecule has 0 heterocycles. The number of rotatable bonds is 7. The molecule has 0 spiro atoms. The van der Waals surface area contributed by atoms with E-state index in [-0.39, 0.29) is 5.75 Å². The molecule has 0 amide bonds. The molecule has 0 aromatic carbocycles. The van der Waals surface area contributed by atoms with Crippen LogP contribution in [0.5, 0.6) is 0 Å².